The molecule has 1 amide bonds. The minimum absolute atomic E-state index is 0.141. The number of carbonyl (C=O) groups excluding carboxylic acids is 1. The van der Waals surface area contributed by atoms with Gasteiger partial charge in [-0.25, -0.2) is 0 Å². The molecule has 1 saturated carbocycles. The van der Waals surface area contributed by atoms with Crippen LogP contribution in [-0.2, 0) is 14.3 Å². The Labute approximate surface area is 112 Å². The number of carbonyl (C=O) groups is 2. The quantitative estimate of drug-likeness (QED) is 0.634. The lowest BCUT2D eigenvalue weighted by Crippen LogP contribution is -2.55. The summed E-state index contributed by atoms with van der Waals surface area (Å²) in [6.45, 7) is 1.63. The molecule has 108 valence electrons. The van der Waals surface area contributed by atoms with Crippen molar-refractivity contribution in [1.29, 1.82) is 0 Å². The molecule has 1 aliphatic heterocycles. The zero-order chi connectivity index (χ0) is 13.7. The Hall–Kier alpha value is -1.14. The molecule has 6 heteroatoms. The Balaban J connectivity index is 1.93. The fraction of sp³-hybridized carbons (Fsp3) is 0.846. The van der Waals surface area contributed by atoms with E-state index in [1.54, 1.807) is 0 Å². The van der Waals surface area contributed by atoms with Crippen LogP contribution in [-0.4, -0.2) is 48.8 Å². The predicted molar refractivity (Wildman–Crippen MR) is 68.8 cm³/mol. The summed E-state index contributed by atoms with van der Waals surface area (Å²) in [5.41, 5.74) is 0. The summed E-state index contributed by atoms with van der Waals surface area (Å²) in [7, 11) is 0. The number of rotatable bonds is 3. The molecule has 0 bridgehead atoms. The number of nitrogens with one attached hydrogen (secondary N) is 2. The van der Waals surface area contributed by atoms with Gasteiger partial charge in [-0.15, -0.1) is 0 Å². The smallest absolute Gasteiger partial charge is 0.308 e. The predicted octanol–water partition coefficient (Wildman–Crippen LogP) is 0.125. The maximum Gasteiger partial charge on any atom is 0.308 e. The first kappa shape index (κ1) is 14.3. The van der Waals surface area contributed by atoms with Crippen LogP contribution in [0, 0.1) is 5.92 Å². The molecule has 3 atom stereocenters. The van der Waals surface area contributed by atoms with Gasteiger partial charge >= 0.3 is 5.97 Å². The molecular formula is C13H22N2O4. The van der Waals surface area contributed by atoms with E-state index in [0.29, 0.717) is 26.2 Å². The highest BCUT2D eigenvalue weighted by Crippen LogP contribution is 2.24. The van der Waals surface area contributed by atoms with Crippen LogP contribution in [0.5, 0.6) is 0 Å². The van der Waals surface area contributed by atoms with Gasteiger partial charge in [0.15, 0.2) is 0 Å². The molecule has 3 N–H and O–H groups in total. The summed E-state index contributed by atoms with van der Waals surface area (Å²) in [6.07, 6.45) is 4.34. The van der Waals surface area contributed by atoms with Crippen LogP contribution in [0.25, 0.3) is 0 Å². The van der Waals surface area contributed by atoms with Crippen molar-refractivity contribution in [2.24, 2.45) is 5.92 Å². The van der Waals surface area contributed by atoms with Gasteiger partial charge in [-0.1, -0.05) is 19.3 Å². The van der Waals surface area contributed by atoms with Crippen molar-refractivity contribution in [1.82, 2.24) is 10.6 Å². The summed E-state index contributed by atoms with van der Waals surface area (Å²) in [5, 5.41) is 15.2. The van der Waals surface area contributed by atoms with Crippen LogP contribution >= 0.6 is 0 Å². The van der Waals surface area contributed by atoms with E-state index >= 15 is 0 Å². The Morgan fingerprint density at radius 2 is 2.00 bits per heavy atom. The van der Waals surface area contributed by atoms with E-state index in [1.807, 2.05) is 0 Å². The van der Waals surface area contributed by atoms with Gasteiger partial charge in [0.2, 0.25) is 5.91 Å². The lowest BCUT2D eigenvalue weighted by atomic mass is 9.94. The zero-order valence-corrected chi connectivity index (χ0v) is 11.1. The highest BCUT2D eigenvalue weighted by molar-refractivity contribution is 5.83. The molecule has 0 aromatic heterocycles. The molecule has 19 heavy (non-hydrogen) atoms. The van der Waals surface area contributed by atoms with Crippen molar-refractivity contribution in [3.8, 4) is 0 Å². The number of aliphatic carboxylic acids is 1. The number of morpholine rings is 1. The summed E-state index contributed by atoms with van der Waals surface area (Å²) in [4.78, 5) is 23.4. The number of hydrogen-bond acceptors (Lipinski definition) is 4. The first-order valence-corrected chi connectivity index (χ1v) is 7.03. The monoisotopic (exact) mass is 270 g/mol. The van der Waals surface area contributed by atoms with E-state index in [2.05, 4.69) is 10.6 Å². The van der Waals surface area contributed by atoms with E-state index in [-0.39, 0.29) is 18.0 Å². The van der Waals surface area contributed by atoms with Crippen molar-refractivity contribution >= 4 is 11.9 Å². The second kappa shape index (κ2) is 6.86. The maximum atomic E-state index is 12.1. The van der Waals surface area contributed by atoms with Gasteiger partial charge in [-0.2, -0.15) is 0 Å². The maximum absolute atomic E-state index is 12.1. The summed E-state index contributed by atoms with van der Waals surface area (Å²) < 4.78 is 5.25. The number of carboxylic acids is 1. The highest BCUT2D eigenvalue weighted by atomic mass is 16.5. The number of carboxylic acid groups (broad SMARTS) is 1. The summed E-state index contributed by atoms with van der Waals surface area (Å²) in [6, 6.07) is -0.609. The lowest BCUT2D eigenvalue weighted by Gasteiger charge is -2.28. The molecule has 1 aliphatic carbocycles. The van der Waals surface area contributed by atoms with Crippen molar-refractivity contribution < 1.29 is 19.4 Å². The SMILES string of the molecule is O=C(NC1CCCCCC1C(=O)O)C1COCCN1. The van der Waals surface area contributed by atoms with Crippen LogP contribution in [0.2, 0.25) is 0 Å². The molecule has 0 aromatic carbocycles. The fourth-order valence-corrected chi connectivity index (χ4v) is 2.79. The number of ether oxygens (including phenoxy) is 1. The van der Waals surface area contributed by atoms with Gasteiger partial charge < -0.3 is 20.5 Å². The average molecular weight is 270 g/mol. The number of amides is 1. The molecule has 1 saturated heterocycles. The van der Waals surface area contributed by atoms with Gasteiger partial charge in [0.25, 0.3) is 0 Å². The zero-order valence-electron chi connectivity index (χ0n) is 11.1. The molecule has 2 rings (SSSR count). The Bertz CT molecular complexity index is 329. The van der Waals surface area contributed by atoms with Crippen molar-refractivity contribution in [2.75, 3.05) is 19.8 Å². The molecule has 0 spiro atoms. The minimum atomic E-state index is -0.806. The first-order chi connectivity index (χ1) is 9.18. The van der Waals surface area contributed by atoms with Gasteiger partial charge in [-0.3, -0.25) is 9.59 Å². The summed E-state index contributed by atoms with van der Waals surface area (Å²) in [5.74, 6) is -1.41. The third kappa shape index (κ3) is 3.91. The minimum Gasteiger partial charge on any atom is -0.481 e. The largest absolute Gasteiger partial charge is 0.481 e. The van der Waals surface area contributed by atoms with Crippen molar-refractivity contribution in [3.05, 3.63) is 0 Å². The van der Waals surface area contributed by atoms with Gasteiger partial charge in [-0.05, 0) is 12.8 Å². The van der Waals surface area contributed by atoms with E-state index < -0.39 is 11.9 Å². The van der Waals surface area contributed by atoms with Crippen molar-refractivity contribution in [2.45, 2.75) is 44.2 Å². The van der Waals surface area contributed by atoms with E-state index in [1.165, 1.54) is 0 Å². The van der Waals surface area contributed by atoms with Crippen molar-refractivity contribution in [3.63, 3.8) is 0 Å². The van der Waals surface area contributed by atoms with E-state index in [9.17, 15) is 14.7 Å². The Kier molecular flexibility index (Phi) is 5.15. The summed E-state index contributed by atoms with van der Waals surface area (Å²) >= 11 is 0. The highest BCUT2D eigenvalue weighted by Gasteiger charge is 2.32. The third-order valence-corrected chi connectivity index (χ3v) is 3.90. The standard InChI is InChI=1S/C13H22N2O4/c16-12(11-8-19-7-6-14-11)15-10-5-3-1-2-4-9(10)13(17)18/h9-11,14H,1-8H2,(H,15,16)(H,17,18). The normalized spacial score (nSPS) is 32.3. The molecule has 6 nitrogen and oxygen atoms in total. The molecular weight excluding hydrogens is 248 g/mol. The van der Waals surface area contributed by atoms with Crippen LogP contribution < -0.4 is 10.6 Å². The third-order valence-electron chi connectivity index (χ3n) is 3.90. The Morgan fingerprint density at radius 1 is 1.21 bits per heavy atom. The average Bonchev–Trinajstić information content (AvgIpc) is 2.65. The lowest BCUT2D eigenvalue weighted by molar-refractivity contribution is -0.143. The van der Waals surface area contributed by atoms with Crippen LogP contribution in [0.15, 0.2) is 0 Å². The van der Waals surface area contributed by atoms with Gasteiger partial charge in [0.1, 0.15) is 6.04 Å². The Morgan fingerprint density at radius 3 is 2.68 bits per heavy atom. The second-order valence-electron chi connectivity index (χ2n) is 5.28. The second-order valence-corrected chi connectivity index (χ2v) is 5.28. The van der Waals surface area contributed by atoms with Crippen LogP contribution in [0.3, 0.4) is 0 Å². The molecule has 2 aliphatic rings. The van der Waals surface area contributed by atoms with E-state index in [4.69, 9.17) is 4.74 Å². The van der Waals surface area contributed by atoms with Crippen LogP contribution in [0.1, 0.15) is 32.1 Å². The molecule has 0 radical (unpaired) electrons. The van der Waals surface area contributed by atoms with Crippen LogP contribution in [0.4, 0.5) is 0 Å². The topological polar surface area (TPSA) is 87.7 Å². The van der Waals surface area contributed by atoms with E-state index in [0.717, 1.165) is 25.7 Å². The van der Waals surface area contributed by atoms with Gasteiger partial charge in [0.05, 0.1) is 19.1 Å². The van der Waals surface area contributed by atoms with Gasteiger partial charge in [0, 0.05) is 12.6 Å². The number of hydrogen-bond donors (Lipinski definition) is 3. The fourth-order valence-electron chi connectivity index (χ4n) is 2.79. The first-order valence-electron chi connectivity index (χ1n) is 7.03. The molecule has 2 fully saturated rings. The molecule has 3 unspecified atom stereocenters. The molecule has 1 heterocycles. The molecule has 0 aromatic rings.